The van der Waals surface area contributed by atoms with Crippen molar-refractivity contribution in [1.82, 2.24) is 0 Å². The van der Waals surface area contributed by atoms with Crippen molar-refractivity contribution in [2.24, 2.45) is 11.8 Å². The Morgan fingerprint density at radius 3 is 1.38 bits per heavy atom. The molecule has 0 aliphatic carbocycles. The summed E-state index contributed by atoms with van der Waals surface area (Å²) in [6, 6.07) is 39.1. The number of ether oxygens (including phenoxy) is 11. The lowest BCUT2D eigenvalue weighted by Gasteiger charge is -2.48. The van der Waals surface area contributed by atoms with Crippen molar-refractivity contribution in [1.29, 1.82) is 0 Å². The molecule has 0 radical (unpaired) electrons. The molecule has 4 heterocycles. The highest BCUT2D eigenvalue weighted by molar-refractivity contribution is 5.74. The molecule has 344 valence electrons. The Labute approximate surface area is 374 Å². The topological polar surface area (TPSA) is 156 Å². The SMILES string of the molecule is CC1[C@@H](OCc2ccccc2)OC2COC(c3ccccc3)O[C@H]2[C@@H]1O[C@@H](C)C(=O)O.CCOC(=O)[C@H](C)O[C@@H]1C(C)[C@@H](OCc2ccccc2)OC2COC(c3ccccc3)O[C@H]21. The van der Waals surface area contributed by atoms with Crippen molar-refractivity contribution in [2.75, 3.05) is 19.8 Å². The van der Waals surface area contributed by atoms with Crippen LogP contribution in [0.1, 0.15) is 69.5 Å². The molecule has 4 aliphatic rings. The Bertz CT molecular complexity index is 2010. The van der Waals surface area contributed by atoms with Crippen LogP contribution in [0.25, 0.3) is 0 Å². The third-order valence-electron chi connectivity index (χ3n) is 11.6. The zero-order valence-corrected chi connectivity index (χ0v) is 36.9. The summed E-state index contributed by atoms with van der Waals surface area (Å²) in [7, 11) is 0. The molecule has 6 unspecified atom stereocenters. The van der Waals surface area contributed by atoms with Gasteiger partial charge in [0.1, 0.15) is 24.4 Å². The maximum absolute atomic E-state index is 12.3. The highest BCUT2D eigenvalue weighted by atomic mass is 16.8. The highest BCUT2D eigenvalue weighted by Crippen LogP contribution is 2.40. The molecule has 14 nitrogen and oxygen atoms in total. The van der Waals surface area contributed by atoms with Crippen LogP contribution in [-0.4, -0.2) is 98.3 Å². The number of fused-ring (bicyclic) bond motifs is 2. The summed E-state index contributed by atoms with van der Waals surface area (Å²) in [5.74, 6) is -1.87. The fraction of sp³-hybridized carbons (Fsp3) is 0.480. The second-order valence-corrected chi connectivity index (χ2v) is 16.3. The fourth-order valence-electron chi connectivity index (χ4n) is 8.11. The molecule has 4 aromatic rings. The number of rotatable bonds is 15. The van der Waals surface area contributed by atoms with Gasteiger partial charge in [-0.2, -0.15) is 0 Å². The number of benzene rings is 4. The lowest BCUT2D eigenvalue weighted by molar-refractivity contribution is -0.360. The van der Waals surface area contributed by atoms with Gasteiger partial charge in [0, 0.05) is 23.0 Å². The summed E-state index contributed by atoms with van der Waals surface area (Å²) in [5, 5.41) is 9.39. The molecule has 4 aromatic carbocycles. The Morgan fingerprint density at radius 1 is 0.594 bits per heavy atom. The molecule has 14 heteroatoms. The maximum atomic E-state index is 12.3. The third-order valence-corrected chi connectivity index (χ3v) is 11.6. The molecule has 1 N–H and O–H groups in total. The van der Waals surface area contributed by atoms with Crippen molar-refractivity contribution in [3.63, 3.8) is 0 Å². The van der Waals surface area contributed by atoms with Crippen molar-refractivity contribution < 1.29 is 66.8 Å². The first-order chi connectivity index (χ1) is 31.1. The molecule has 4 aliphatic heterocycles. The van der Waals surface area contributed by atoms with E-state index < -0.39 is 79.8 Å². The van der Waals surface area contributed by atoms with E-state index in [1.165, 1.54) is 6.92 Å². The van der Waals surface area contributed by atoms with E-state index >= 15 is 0 Å². The largest absolute Gasteiger partial charge is 0.479 e. The van der Waals surface area contributed by atoms with Crippen LogP contribution in [-0.2, 0) is 74.9 Å². The third kappa shape index (κ3) is 12.2. The average molecular weight is 885 g/mol. The first-order valence-corrected chi connectivity index (χ1v) is 22.1. The Morgan fingerprint density at radius 2 is 0.984 bits per heavy atom. The van der Waals surface area contributed by atoms with Crippen LogP contribution in [0.2, 0.25) is 0 Å². The van der Waals surface area contributed by atoms with E-state index in [1.807, 2.05) is 135 Å². The first-order valence-electron chi connectivity index (χ1n) is 22.1. The normalized spacial score (nSPS) is 30.9. The summed E-state index contributed by atoms with van der Waals surface area (Å²) in [4.78, 5) is 23.8. The first kappa shape index (κ1) is 47.4. The predicted octanol–water partition coefficient (Wildman–Crippen LogP) is 7.55. The standard InChI is InChI=1S/C26H32O7.C24H28O7/c1-4-28-24(27)18(3)31-22-17(2)25(29-15-19-11-7-5-8-12-19)32-21-16-30-26(33-23(21)22)20-13-9-6-10-14-20;1-15-20(29-16(2)22(25)26)21-19(14-28-24(31-21)18-11-7-4-8-12-18)30-23(15)27-13-17-9-5-3-6-10-17/h5-14,17-18,21-23,25-26H,4,15-16H2,1-3H3;3-12,15-16,19-21,23-24H,13-14H2,1-2H3,(H,25,26)/t17?,18-,21?,22+,23+,25-,26?;15?,16-,19?,20+,21+,23-,24?/m00/s1. The predicted molar refractivity (Wildman–Crippen MR) is 231 cm³/mol. The Kier molecular flexibility index (Phi) is 17.1. The minimum absolute atomic E-state index is 0.193. The number of carbonyl (C=O) groups excluding carboxylic acids is 1. The fourth-order valence-corrected chi connectivity index (χ4v) is 8.11. The number of carboxylic acid groups (broad SMARTS) is 1. The van der Waals surface area contributed by atoms with Crippen LogP contribution in [0.15, 0.2) is 121 Å². The monoisotopic (exact) mass is 884 g/mol. The second kappa shape index (κ2) is 23.0. The number of carboxylic acids is 1. The minimum atomic E-state index is -1.02. The molecular formula is C50H60O14. The zero-order chi connectivity index (χ0) is 45.0. The minimum Gasteiger partial charge on any atom is -0.479 e. The number of hydrogen-bond donors (Lipinski definition) is 1. The van der Waals surface area contributed by atoms with Crippen molar-refractivity contribution >= 4 is 11.9 Å². The average Bonchev–Trinajstić information content (AvgIpc) is 3.33. The summed E-state index contributed by atoms with van der Waals surface area (Å²) < 4.78 is 66.4. The number of aliphatic carboxylic acids is 1. The molecule has 0 amide bonds. The number of esters is 1. The molecule has 64 heavy (non-hydrogen) atoms. The van der Waals surface area contributed by atoms with E-state index in [2.05, 4.69) is 0 Å². The molecule has 0 bridgehead atoms. The van der Waals surface area contributed by atoms with Crippen LogP contribution in [0.4, 0.5) is 0 Å². The number of carbonyl (C=O) groups is 2. The van der Waals surface area contributed by atoms with E-state index in [1.54, 1.807) is 13.8 Å². The smallest absolute Gasteiger partial charge is 0.334 e. The van der Waals surface area contributed by atoms with Gasteiger partial charge in [-0.15, -0.1) is 0 Å². The van der Waals surface area contributed by atoms with E-state index in [4.69, 9.17) is 52.1 Å². The summed E-state index contributed by atoms with van der Waals surface area (Å²) in [5.41, 5.74) is 3.88. The summed E-state index contributed by atoms with van der Waals surface area (Å²) in [6.45, 7) is 10.6. The van der Waals surface area contributed by atoms with Crippen molar-refractivity contribution in [3.05, 3.63) is 144 Å². The van der Waals surface area contributed by atoms with E-state index in [0.29, 0.717) is 33.0 Å². The van der Waals surface area contributed by atoms with Crippen molar-refractivity contribution in [2.45, 2.75) is 122 Å². The molecule has 0 spiro atoms. The molecule has 0 saturated carbocycles. The van der Waals surface area contributed by atoms with Crippen LogP contribution >= 0.6 is 0 Å². The van der Waals surface area contributed by atoms with Gasteiger partial charge in [0.2, 0.25) is 0 Å². The molecule has 8 rings (SSSR count). The second-order valence-electron chi connectivity index (χ2n) is 16.3. The molecule has 14 atom stereocenters. The van der Waals surface area contributed by atoms with Gasteiger partial charge in [-0.3, -0.25) is 0 Å². The maximum Gasteiger partial charge on any atom is 0.334 e. The van der Waals surface area contributed by atoms with E-state index in [0.717, 1.165) is 22.3 Å². The molecule has 0 aromatic heterocycles. The molecule has 4 saturated heterocycles. The van der Waals surface area contributed by atoms with Gasteiger partial charge in [0.15, 0.2) is 37.4 Å². The van der Waals surface area contributed by atoms with Crippen molar-refractivity contribution in [3.8, 4) is 0 Å². The van der Waals surface area contributed by atoms with Crippen LogP contribution in [0, 0.1) is 11.8 Å². The van der Waals surface area contributed by atoms with Gasteiger partial charge in [0.05, 0.1) is 45.2 Å². The molecular weight excluding hydrogens is 825 g/mol. The summed E-state index contributed by atoms with van der Waals surface area (Å²) in [6.07, 6.45) is -6.63. The van der Waals surface area contributed by atoms with E-state index in [9.17, 15) is 14.7 Å². The lowest BCUT2D eigenvalue weighted by atomic mass is 9.91. The highest BCUT2D eigenvalue weighted by Gasteiger charge is 2.52. The number of hydrogen-bond acceptors (Lipinski definition) is 13. The Hall–Kier alpha value is -4.58. The van der Waals surface area contributed by atoms with Gasteiger partial charge in [-0.1, -0.05) is 135 Å². The quantitative estimate of drug-likeness (QED) is 0.117. The van der Waals surface area contributed by atoms with Crippen LogP contribution < -0.4 is 0 Å². The van der Waals surface area contributed by atoms with Crippen LogP contribution in [0.5, 0.6) is 0 Å². The lowest BCUT2D eigenvalue weighted by Crippen LogP contribution is -2.60. The van der Waals surface area contributed by atoms with Gasteiger partial charge >= 0.3 is 11.9 Å². The van der Waals surface area contributed by atoms with Crippen LogP contribution in [0.3, 0.4) is 0 Å². The zero-order valence-electron chi connectivity index (χ0n) is 36.9. The van der Waals surface area contributed by atoms with Gasteiger partial charge in [-0.25, -0.2) is 9.59 Å². The van der Waals surface area contributed by atoms with Gasteiger partial charge in [-0.05, 0) is 31.9 Å². The summed E-state index contributed by atoms with van der Waals surface area (Å²) >= 11 is 0. The van der Waals surface area contributed by atoms with Gasteiger partial charge < -0.3 is 57.2 Å². The Balaban J connectivity index is 0.000000192. The molecule has 4 fully saturated rings. The van der Waals surface area contributed by atoms with E-state index in [-0.39, 0.29) is 17.9 Å². The van der Waals surface area contributed by atoms with Gasteiger partial charge in [0.25, 0.3) is 0 Å².